The Balaban J connectivity index is 1.53. The van der Waals surface area contributed by atoms with Gasteiger partial charge in [0.15, 0.2) is 0 Å². The molecule has 2 unspecified atom stereocenters. The lowest BCUT2D eigenvalue weighted by atomic mass is 9.97. The van der Waals surface area contributed by atoms with Gasteiger partial charge in [0, 0.05) is 45.4 Å². The summed E-state index contributed by atoms with van der Waals surface area (Å²) in [5.41, 5.74) is 9.04. The molecule has 3 nitrogen and oxygen atoms in total. The minimum absolute atomic E-state index is 0.106. The molecule has 0 spiro atoms. The Hall–Kier alpha value is -4.60. The average Bonchev–Trinajstić information content (AvgIpc) is 3.23. The monoisotopic (exact) mass is 485 g/mol. The van der Waals surface area contributed by atoms with Crippen molar-refractivity contribution < 1.29 is 0 Å². The zero-order valence-electron chi connectivity index (χ0n) is 20.7. The molecule has 0 amide bonds. The molecule has 10 rings (SSSR count). The van der Waals surface area contributed by atoms with Crippen molar-refractivity contribution in [3.63, 3.8) is 0 Å². The number of aromatic nitrogens is 2. The molecule has 38 heavy (non-hydrogen) atoms. The third-order valence-electron chi connectivity index (χ3n) is 9.25. The van der Waals surface area contributed by atoms with Crippen LogP contribution in [0.15, 0.2) is 115 Å². The van der Waals surface area contributed by atoms with Crippen LogP contribution in [0.2, 0.25) is 0 Å². The number of para-hydroxylation sites is 5. The molecule has 0 aliphatic carbocycles. The molecule has 8 aromatic rings. The van der Waals surface area contributed by atoms with Gasteiger partial charge in [0.25, 0.3) is 0 Å². The summed E-state index contributed by atoms with van der Waals surface area (Å²) in [6, 6.07) is 38.6. The molecule has 1 saturated heterocycles. The van der Waals surface area contributed by atoms with Crippen LogP contribution in [0.5, 0.6) is 0 Å². The zero-order valence-corrected chi connectivity index (χ0v) is 20.7. The van der Waals surface area contributed by atoms with Gasteiger partial charge in [-0.1, -0.05) is 84.9 Å². The summed E-state index contributed by atoms with van der Waals surface area (Å²) in [7, 11) is 0. The van der Waals surface area contributed by atoms with Gasteiger partial charge in [0.2, 0.25) is 0 Å². The molecular formula is C35H23N3. The van der Waals surface area contributed by atoms with E-state index in [1.807, 2.05) is 0 Å². The Bertz CT molecular complexity index is 2370. The second-order valence-electron chi connectivity index (χ2n) is 11.0. The van der Waals surface area contributed by atoms with E-state index < -0.39 is 0 Å². The van der Waals surface area contributed by atoms with Gasteiger partial charge in [-0.05, 0) is 35.9 Å². The topological polar surface area (TPSA) is 11.8 Å². The van der Waals surface area contributed by atoms with Crippen LogP contribution in [0.1, 0.15) is 5.56 Å². The van der Waals surface area contributed by atoms with E-state index in [1.54, 1.807) is 0 Å². The first-order chi connectivity index (χ1) is 18.8. The maximum atomic E-state index is 2.54. The third kappa shape index (κ3) is 2.14. The molecule has 3 aromatic heterocycles. The van der Waals surface area contributed by atoms with Gasteiger partial charge in [-0.25, -0.2) is 0 Å². The normalized spacial score (nSPS) is 20.7. The van der Waals surface area contributed by atoms with Crippen LogP contribution in [0.4, 0.5) is 0 Å². The van der Waals surface area contributed by atoms with Crippen LogP contribution >= 0.6 is 0 Å². The molecular weight excluding hydrogens is 462 g/mol. The first-order valence-corrected chi connectivity index (χ1v) is 13.5. The van der Waals surface area contributed by atoms with E-state index in [1.165, 1.54) is 71.0 Å². The fourth-order valence-electron chi connectivity index (χ4n) is 7.52. The fourth-order valence-corrected chi connectivity index (χ4v) is 7.52. The van der Waals surface area contributed by atoms with Crippen molar-refractivity contribution in [2.75, 3.05) is 13.1 Å². The van der Waals surface area contributed by atoms with Crippen LogP contribution in [0.3, 0.4) is 0 Å². The van der Waals surface area contributed by atoms with Crippen molar-refractivity contribution in [1.82, 2.24) is 13.7 Å². The van der Waals surface area contributed by atoms with Crippen LogP contribution in [0, 0.1) is 0 Å². The first-order valence-electron chi connectivity index (χ1n) is 13.5. The second-order valence-corrected chi connectivity index (χ2v) is 11.0. The molecule has 0 N–H and O–H groups in total. The van der Waals surface area contributed by atoms with Crippen molar-refractivity contribution in [3.8, 4) is 0 Å². The van der Waals surface area contributed by atoms with E-state index in [9.17, 15) is 0 Å². The van der Waals surface area contributed by atoms with E-state index in [4.69, 9.17) is 0 Å². The van der Waals surface area contributed by atoms with Gasteiger partial charge >= 0.3 is 0 Å². The molecule has 0 radical (unpaired) electrons. The summed E-state index contributed by atoms with van der Waals surface area (Å²) >= 11 is 0. The SMILES string of the molecule is C1=CC2(c3ccc4c(c3)c3cccc5c6cccc7c8ccccc8n(c8ccccc8n4c35)c76)CN2C1. The molecule has 5 heterocycles. The quantitative estimate of drug-likeness (QED) is 0.169. The van der Waals surface area contributed by atoms with Crippen molar-refractivity contribution in [1.29, 1.82) is 0 Å². The Morgan fingerprint density at radius 3 is 1.68 bits per heavy atom. The van der Waals surface area contributed by atoms with Gasteiger partial charge < -0.3 is 8.80 Å². The molecule has 3 heteroatoms. The van der Waals surface area contributed by atoms with Crippen LogP contribution in [0.25, 0.3) is 65.4 Å². The second kappa shape index (κ2) is 6.45. The maximum absolute atomic E-state index is 2.54. The standard InChI is InChI=1S/C35H23N3/c1-2-13-29-23(8-1)24-9-5-10-25-26-11-6-12-27-28-20-22(35-18-7-19-36(35)21-35)16-17-30(28)38(34(26)27)32-15-4-3-14-31(32)37(29)33(24)25/h1-18,20H,19,21H2. The van der Waals surface area contributed by atoms with Gasteiger partial charge in [0.05, 0.1) is 38.6 Å². The number of fused-ring (bicyclic) bond motifs is 11. The van der Waals surface area contributed by atoms with E-state index in [0.717, 1.165) is 13.1 Å². The molecule has 0 bridgehead atoms. The summed E-state index contributed by atoms with van der Waals surface area (Å²) in [5.74, 6) is 0. The van der Waals surface area contributed by atoms with Gasteiger partial charge in [-0.15, -0.1) is 0 Å². The summed E-state index contributed by atoms with van der Waals surface area (Å²) in [4.78, 5) is 2.54. The summed E-state index contributed by atoms with van der Waals surface area (Å²) in [6.07, 6.45) is 4.72. The lowest BCUT2D eigenvalue weighted by molar-refractivity contribution is 0.540. The zero-order chi connectivity index (χ0) is 24.6. The molecule has 1 fully saturated rings. The molecule has 2 atom stereocenters. The van der Waals surface area contributed by atoms with E-state index in [-0.39, 0.29) is 5.54 Å². The predicted molar refractivity (Wildman–Crippen MR) is 158 cm³/mol. The van der Waals surface area contributed by atoms with Gasteiger partial charge in [0.1, 0.15) is 0 Å². The molecule has 2 aliphatic rings. The maximum Gasteiger partial charge on any atom is 0.0779 e. The molecule has 2 aliphatic heterocycles. The van der Waals surface area contributed by atoms with Crippen LogP contribution in [-0.4, -0.2) is 26.8 Å². The number of rotatable bonds is 1. The highest BCUT2D eigenvalue weighted by Gasteiger charge is 2.53. The predicted octanol–water partition coefficient (Wildman–Crippen LogP) is 8.04. The summed E-state index contributed by atoms with van der Waals surface area (Å²) in [5, 5.41) is 7.83. The van der Waals surface area contributed by atoms with Crippen molar-refractivity contribution in [2.24, 2.45) is 0 Å². The summed E-state index contributed by atoms with van der Waals surface area (Å²) in [6.45, 7) is 2.19. The van der Waals surface area contributed by atoms with Crippen LogP contribution in [-0.2, 0) is 5.54 Å². The highest BCUT2D eigenvalue weighted by atomic mass is 15.4. The number of benzene rings is 5. The highest BCUT2D eigenvalue weighted by Crippen LogP contribution is 2.49. The average molecular weight is 486 g/mol. The Morgan fingerprint density at radius 1 is 0.500 bits per heavy atom. The molecule has 178 valence electrons. The highest BCUT2D eigenvalue weighted by molar-refractivity contribution is 6.25. The van der Waals surface area contributed by atoms with E-state index in [2.05, 4.69) is 129 Å². The van der Waals surface area contributed by atoms with Gasteiger partial charge in [-0.2, -0.15) is 0 Å². The van der Waals surface area contributed by atoms with Crippen molar-refractivity contribution in [2.45, 2.75) is 5.54 Å². The first kappa shape index (κ1) is 19.5. The number of hydrogen-bond donors (Lipinski definition) is 0. The lowest BCUT2D eigenvalue weighted by Crippen LogP contribution is -2.08. The Labute approximate surface area is 218 Å². The van der Waals surface area contributed by atoms with Crippen molar-refractivity contribution in [3.05, 3.63) is 121 Å². The third-order valence-corrected chi connectivity index (χ3v) is 9.25. The fraction of sp³-hybridized carbons (Fsp3) is 0.0857. The number of nitrogens with zero attached hydrogens (tertiary/aromatic N) is 3. The minimum Gasteiger partial charge on any atom is -0.307 e. The van der Waals surface area contributed by atoms with Gasteiger partial charge in [-0.3, -0.25) is 4.90 Å². The van der Waals surface area contributed by atoms with E-state index in [0.29, 0.717) is 0 Å². The van der Waals surface area contributed by atoms with E-state index >= 15 is 0 Å². The largest absolute Gasteiger partial charge is 0.307 e. The Kier molecular flexibility index (Phi) is 3.31. The van der Waals surface area contributed by atoms with Crippen molar-refractivity contribution >= 4 is 65.4 Å². The Morgan fingerprint density at radius 2 is 1.05 bits per heavy atom. The smallest absolute Gasteiger partial charge is 0.0779 e. The minimum atomic E-state index is 0.106. The molecule has 5 aromatic carbocycles. The summed E-state index contributed by atoms with van der Waals surface area (Å²) < 4.78 is 5.00. The lowest BCUT2D eigenvalue weighted by Gasteiger charge is -2.11. The number of hydrogen-bond acceptors (Lipinski definition) is 1. The molecule has 0 saturated carbocycles. The van der Waals surface area contributed by atoms with Crippen LogP contribution < -0.4 is 0 Å².